The lowest BCUT2D eigenvalue weighted by Gasteiger charge is -2.47. The van der Waals surface area contributed by atoms with Crippen molar-refractivity contribution in [3.05, 3.63) is 35.4 Å². The Kier molecular flexibility index (Phi) is 3.12. The summed E-state index contributed by atoms with van der Waals surface area (Å²) in [6.07, 6.45) is 2.37. The molecule has 3 nitrogen and oxygen atoms in total. The van der Waals surface area contributed by atoms with E-state index in [1.165, 1.54) is 11.1 Å². The molecule has 0 bridgehead atoms. The Morgan fingerprint density at radius 1 is 1.15 bits per heavy atom. The summed E-state index contributed by atoms with van der Waals surface area (Å²) in [6.45, 7) is 3.96. The van der Waals surface area contributed by atoms with Gasteiger partial charge in [0.25, 0.3) is 0 Å². The first kappa shape index (κ1) is 13.6. The van der Waals surface area contributed by atoms with Gasteiger partial charge in [-0.25, -0.2) is 0 Å². The van der Waals surface area contributed by atoms with E-state index >= 15 is 0 Å². The molecule has 0 aromatic heterocycles. The summed E-state index contributed by atoms with van der Waals surface area (Å²) >= 11 is 0. The molecule has 0 spiro atoms. The van der Waals surface area contributed by atoms with Gasteiger partial charge in [-0.15, -0.1) is 0 Å². The van der Waals surface area contributed by atoms with Crippen molar-refractivity contribution in [2.24, 2.45) is 5.41 Å². The molecule has 1 heterocycles. The third-order valence-corrected chi connectivity index (χ3v) is 4.92. The molecule has 1 saturated heterocycles. The minimum absolute atomic E-state index is 0.00214. The normalized spacial score (nSPS) is 35.3. The molecular weight excluding hydrogens is 250 g/mol. The van der Waals surface area contributed by atoms with Crippen molar-refractivity contribution in [1.82, 2.24) is 0 Å². The van der Waals surface area contributed by atoms with Gasteiger partial charge in [-0.3, -0.25) is 0 Å². The summed E-state index contributed by atoms with van der Waals surface area (Å²) < 4.78 is 5.74. The quantitative estimate of drug-likeness (QED) is 0.854. The largest absolute Gasteiger partial charge is 0.388 e. The van der Waals surface area contributed by atoms with E-state index in [4.69, 9.17) is 4.74 Å². The van der Waals surface area contributed by atoms with Crippen molar-refractivity contribution in [2.45, 2.75) is 57.3 Å². The Hall–Kier alpha value is -1.37. The molecule has 1 N–H and O–H groups in total. The summed E-state index contributed by atoms with van der Waals surface area (Å²) in [4.78, 5) is 0. The zero-order chi connectivity index (χ0) is 14.4. The average molecular weight is 271 g/mol. The second-order valence-electron chi connectivity index (χ2n) is 6.51. The minimum atomic E-state index is -0.960. The van der Waals surface area contributed by atoms with Gasteiger partial charge in [0.05, 0.1) is 29.3 Å². The molecule has 1 aromatic rings. The maximum atomic E-state index is 11.2. The van der Waals surface area contributed by atoms with Crippen molar-refractivity contribution in [2.75, 3.05) is 0 Å². The van der Waals surface area contributed by atoms with E-state index in [2.05, 4.69) is 18.2 Å². The SMILES string of the molecule is CC1CC(O)(C2(C#N)Cc3ccccc3C2)CC(C)O1. The van der Waals surface area contributed by atoms with Crippen LogP contribution in [0.3, 0.4) is 0 Å². The van der Waals surface area contributed by atoms with Crippen LogP contribution in [0.25, 0.3) is 0 Å². The fourth-order valence-electron chi connectivity index (χ4n) is 4.05. The van der Waals surface area contributed by atoms with Gasteiger partial charge in [0, 0.05) is 12.8 Å². The number of nitrogens with zero attached hydrogens (tertiary/aromatic N) is 1. The van der Waals surface area contributed by atoms with E-state index in [1.54, 1.807) is 0 Å². The first-order valence-electron chi connectivity index (χ1n) is 7.34. The molecule has 0 amide bonds. The maximum Gasteiger partial charge on any atom is 0.0942 e. The monoisotopic (exact) mass is 271 g/mol. The summed E-state index contributed by atoms with van der Waals surface area (Å²) in [6, 6.07) is 10.6. The highest BCUT2D eigenvalue weighted by atomic mass is 16.5. The van der Waals surface area contributed by atoms with Crippen molar-refractivity contribution in [3.63, 3.8) is 0 Å². The lowest BCUT2D eigenvalue weighted by atomic mass is 9.65. The molecule has 2 atom stereocenters. The number of aliphatic hydroxyl groups is 1. The standard InChI is InChI=1S/C17H21NO2/c1-12-7-17(19,8-13(2)20-12)16(11-18)9-14-5-3-4-6-15(14)10-16/h3-6,12-13,19H,7-10H2,1-2H3. The van der Waals surface area contributed by atoms with E-state index in [1.807, 2.05) is 26.0 Å². The first-order chi connectivity index (χ1) is 9.48. The Morgan fingerprint density at radius 3 is 2.10 bits per heavy atom. The second-order valence-corrected chi connectivity index (χ2v) is 6.51. The third kappa shape index (κ3) is 1.95. The minimum Gasteiger partial charge on any atom is -0.388 e. The Morgan fingerprint density at radius 2 is 1.65 bits per heavy atom. The number of nitriles is 1. The predicted octanol–water partition coefficient (Wildman–Crippen LogP) is 2.61. The number of hydrogen-bond acceptors (Lipinski definition) is 3. The van der Waals surface area contributed by atoms with E-state index in [0.29, 0.717) is 25.7 Å². The van der Waals surface area contributed by atoms with Crippen molar-refractivity contribution < 1.29 is 9.84 Å². The van der Waals surface area contributed by atoms with Crippen LogP contribution in [-0.4, -0.2) is 22.9 Å². The topological polar surface area (TPSA) is 53.2 Å². The van der Waals surface area contributed by atoms with Gasteiger partial charge in [0.2, 0.25) is 0 Å². The highest BCUT2D eigenvalue weighted by Gasteiger charge is 2.56. The third-order valence-electron chi connectivity index (χ3n) is 4.92. The molecule has 0 radical (unpaired) electrons. The molecule has 1 aromatic carbocycles. The molecule has 106 valence electrons. The van der Waals surface area contributed by atoms with Crippen LogP contribution in [0.5, 0.6) is 0 Å². The Balaban J connectivity index is 1.97. The smallest absolute Gasteiger partial charge is 0.0942 e. The lowest BCUT2D eigenvalue weighted by molar-refractivity contribution is -0.170. The van der Waals surface area contributed by atoms with Crippen LogP contribution < -0.4 is 0 Å². The maximum absolute atomic E-state index is 11.2. The molecule has 1 aliphatic carbocycles. The van der Waals surface area contributed by atoms with Crippen LogP contribution >= 0.6 is 0 Å². The molecule has 20 heavy (non-hydrogen) atoms. The highest BCUT2D eigenvalue weighted by molar-refractivity contribution is 5.39. The van der Waals surface area contributed by atoms with Crippen molar-refractivity contribution in [1.29, 1.82) is 5.26 Å². The molecular formula is C17H21NO2. The van der Waals surface area contributed by atoms with Crippen molar-refractivity contribution in [3.8, 4) is 6.07 Å². The zero-order valence-electron chi connectivity index (χ0n) is 12.1. The van der Waals surface area contributed by atoms with Gasteiger partial charge in [0.15, 0.2) is 0 Å². The van der Waals surface area contributed by atoms with Gasteiger partial charge in [-0.2, -0.15) is 5.26 Å². The van der Waals surface area contributed by atoms with Gasteiger partial charge >= 0.3 is 0 Å². The van der Waals surface area contributed by atoms with E-state index in [0.717, 1.165) is 0 Å². The number of fused-ring (bicyclic) bond motifs is 1. The van der Waals surface area contributed by atoms with Gasteiger partial charge in [-0.05, 0) is 37.8 Å². The van der Waals surface area contributed by atoms with Crippen LogP contribution in [0.15, 0.2) is 24.3 Å². The van der Waals surface area contributed by atoms with Crippen molar-refractivity contribution >= 4 is 0 Å². The lowest BCUT2D eigenvalue weighted by Crippen LogP contribution is -2.55. The summed E-state index contributed by atoms with van der Waals surface area (Å²) in [5.41, 5.74) is 0.740. The molecule has 1 fully saturated rings. The number of rotatable bonds is 1. The van der Waals surface area contributed by atoms with Crippen LogP contribution in [0.1, 0.15) is 37.8 Å². The molecule has 2 unspecified atom stereocenters. The molecule has 3 rings (SSSR count). The van der Waals surface area contributed by atoms with Gasteiger partial charge in [0.1, 0.15) is 0 Å². The second kappa shape index (κ2) is 4.58. The van der Waals surface area contributed by atoms with Gasteiger partial charge < -0.3 is 9.84 Å². The number of ether oxygens (including phenoxy) is 1. The summed E-state index contributed by atoms with van der Waals surface area (Å²) in [7, 11) is 0. The fraction of sp³-hybridized carbons (Fsp3) is 0.588. The van der Waals surface area contributed by atoms with Crippen LogP contribution in [0.2, 0.25) is 0 Å². The average Bonchev–Trinajstić information content (AvgIpc) is 2.77. The van der Waals surface area contributed by atoms with Gasteiger partial charge in [-0.1, -0.05) is 24.3 Å². The highest BCUT2D eigenvalue weighted by Crippen LogP contribution is 2.50. The fourth-order valence-corrected chi connectivity index (χ4v) is 4.05. The van der Waals surface area contributed by atoms with E-state index < -0.39 is 11.0 Å². The van der Waals surface area contributed by atoms with E-state index in [-0.39, 0.29) is 12.2 Å². The van der Waals surface area contributed by atoms with Crippen LogP contribution in [0.4, 0.5) is 0 Å². The molecule has 1 aliphatic heterocycles. The molecule has 2 aliphatic rings. The van der Waals surface area contributed by atoms with Crippen LogP contribution in [0, 0.1) is 16.7 Å². The predicted molar refractivity (Wildman–Crippen MR) is 76.1 cm³/mol. The number of benzene rings is 1. The Bertz CT molecular complexity index is 525. The summed E-state index contributed by atoms with van der Waals surface area (Å²) in [5, 5.41) is 21.1. The zero-order valence-corrected chi connectivity index (χ0v) is 12.1. The first-order valence-corrected chi connectivity index (χ1v) is 7.34. The molecule has 3 heteroatoms. The Labute approximate surface area is 120 Å². The number of hydrogen-bond donors (Lipinski definition) is 1. The molecule has 0 saturated carbocycles. The summed E-state index contributed by atoms with van der Waals surface area (Å²) in [5.74, 6) is 0. The van der Waals surface area contributed by atoms with Crippen LogP contribution in [-0.2, 0) is 17.6 Å². The van der Waals surface area contributed by atoms with E-state index in [9.17, 15) is 10.4 Å².